The zero-order chi connectivity index (χ0) is 22.2. The van der Waals surface area contributed by atoms with E-state index in [4.69, 9.17) is 0 Å². The van der Waals surface area contributed by atoms with Crippen molar-refractivity contribution in [1.29, 1.82) is 0 Å². The van der Waals surface area contributed by atoms with Crippen molar-refractivity contribution >= 4 is 11.6 Å². The van der Waals surface area contributed by atoms with E-state index < -0.39 is 0 Å². The number of aryl methyl sites for hydroxylation is 1. The molecule has 2 N–H and O–H groups in total. The van der Waals surface area contributed by atoms with Crippen molar-refractivity contribution in [2.24, 2.45) is 5.92 Å². The molecule has 32 heavy (non-hydrogen) atoms. The maximum Gasteiger partial charge on any atom is 0.245 e. The van der Waals surface area contributed by atoms with Crippen molar-refractivity contribution < 1.29 is 5.11 Å². The van der Waals surface area contributed by atoms with Crippen molar-refractivity contribution in [2.75, 3.05) is 24.5 Å². The average molecular weight is 431 g/mol. The molecule has 4 aromatic rings. The molecule has 0 aliphatic carbocycles. The molecule has 0 saturated carbocycles. The van der Waals surface area contributed by atoms with Crippen LogP contribution in [0.5, 0.6) is 5.75 Å². The highest BCUT2D eigenvalue weighted by molar-refractivity contribution is 5.74. The van der Waals surface area contributed by atoms with Crippen molar-refractivity contribution in [3.63, 3.8) is 0 Å². The number of aromatic nitrogens is 6. The van der Waals surface area contributed by atoms with Crippen LogP contribution in [0.25, 0.3) is 28.0 Å². The minimum atomic E-state index is 0.128. The zero-order valence-electron chi connectivity index (χ0n) is 18.4. The van der Waals surface area contributed by atoms with Crippen LogP contribution in [0.2, 0.25) is 0 Å². The van der Waals surface area contributed by atoms with Crippen LogP contribution in [0.15, 0.2) is 42.7 Å². The second kappa shape index (κ2) is 8.16. The molecular weight excluding hydrogens is 404 g/mol. The predicted octanol–water partition coefficient (Wildman–Crippen LogP) is 2.70. The minimum Gasteiger partial charge on any atom is -0.507 e. The molecule has 1 aromatic carbocycles. The molecule has 4 heterocycles. The molecule has 1 aliphatic heterocycles. The Balaban J connectivity index is 1.38. The lowest BCUT2D eigenvalue weighted by Gasteiger charge is -2.35. The number of piperazine rings is 1. The van der Waals surface area contributed by atoms with Gasteiger partial charge in [-0.05, 0) is 42.7 Å². The predicted molar refractivity (Wildman–Crippen MR) is 122 cm³/mol. The first kappa shape index (κ1) is 20.3. The number of pyridine rings is 1. The molecule has 0 radical (unpaired) electrons. The summed E-state index contributed by atoms with van der Waals surface area (Å²) in [5.74, 6) is 2.00. The third-order valence-electron chi connectivity index (χ3n) is 5.89. The first-order valence-corrected chi connectivity index (χ1v) is 10.8. The van der Waals surface area contributed by atoms with Crippen LogP contribution in [-0.4, -0.2) is 60.6 Å². The number of benzene rings is 1. The molecule has 9 heteroatoms. The van der Waals surface area contributed by atoms with Crippen molar-refractivity contribution in [3.8, 4) is 28.1 Å². The van der Waals surface area contributed by atoms with Gasteiger partial charge in [-0.3, -0.25) is 0 Å². The SMILES string of the molecule is Cc1nc2ccc(-c3ccc(-c4cnc(N5CCN[C@@H](C(C)C)C5)nn4)c(O)c3)cn2n1. The van der Waals surface area contributed by atoms with Crippen LogP contribution in [-0.2, 0) is 0 Å². The van der Waals surface area contributed by atoms with Crippen LogP contribution < -0.4 is 10.2 Å². The average Bonchev–Trinajstić information content (AvgIpc) is 3.18. The number of aromatic hydroxyl groups is 1. The first-order chi connectivity index (χ1) is 15.5. The number of fused-ring (bicyclic) bond motifs is 1. The van der Waals surface area contributed by atoms with Gasteiger partial charge in [-0.1, -0.05) is 19.9 Å². The zero-order valence-corrected chi connectivity index (χ0v) is 18.4. The summed E-state index contributed by atoms with van der Waals surface area (Å²) >= 11 is 0. The highest BCUT2D eigenvalue weighted by Gasteiger charge is 2.23. The number of hydrogen-bond donors (Lipinski definition) is 2. The molecule has 0 unspecified atom stereocenters. The molecule has 1 atom stereocenters. The van der Waals surface area contributed by atoms with E-state index in [1.165, 1.54) is 0 Å². The molecule has 1 fully saturated rings. The summed E-state index contributed by atoms with van der Waals surface area (Å²) in [6.07, 6.45) is 3.57. The van der Waals surface area contributed by atoms with Crippen LogP contribution in [0.1, 0.15) is 19.7 Å². The highest BCUT2D eigenvalue weighted by atomic mass is 16.3. The fourth-order valence-corrected chi connectivity index (χ4v) is 4.04. The van der Waals surface area contributed by atoms with Crippen LogP contribution >= 0.6 is 0 Å². The van der Waals surface area contributed by atoms with E-state index in [1.54, 1.807) is 16.8 Å². The minimum absolute atomic E-state index is 0.128. The van der Waals surface area contributed by atoms with E-state index in [0.29, 0.717) is 29.2 Å². The smallest absolute Gasteiger partial charge is 0.245 e. The molecule has 9 nitrogen and oxygen atoms in total. The number of rotatable bonds is 4. The fourth-order valence-electron chi connectivity index (χ4n) is 4.04. The highest BCUT2D eigenvalue weighted by Crippen LogP contribution is 2.32. The largest absolute Gasteiger partial charge is 0.507 e. The molecule has 0 bridgehead atoms. The second-order valence-electron chi connectivity index (χ2n) is 8.51. The summed E-state index contributed by atoms with van der Waals surface area (Å²) in [5, 5.41) is 27.3. The molecule has 3 aromatic heterocycles. The van der Waals surface area contributed by atoms with Gasteiger partial charge in [0.2, 0.25) is 5.95 Å². The maximum atomic E-state index is 10.7. The van der Waals surface area contributed by atoms with Gasteiger partial charge in [-0.25, -0.2) is 14.5 Å². The van der Waals surface area contributed by atoms with E-state index in [2.05, 4.69) is 49.3 Å². The number of hydrogen-bond acceptors (Lipinski definition) is 8. The standard InChI is InChI=1S/C23H26N8O/c1-14(2)20-13-30(9-8-24-20)23-25-11-19(27-28-23)18-6-4-16(10-21(18)32)17-5-7-22-26-15(3)29-31(22)12-17/h4-7,10-12,14,20,24,32H,8-9,13H2,1-3H3/t20-/m1/s1. The maximum absolute atomic E-state index is 10.7. The summed E-state index contributed by atoms with van der Waals surface area (Å²) in [6.45, 7) is 8.88. The van der Waals surface area contributed by atoms with Gasteiger partial charge < -0.3 is 15.3 Å². The van der Waals surface area contributed by atoms with Gasteiger partial charge in [0.15, 0.2) is 5.65 Å². The van der Waals surface area contributed by atoms with E-state index in [-0.39, 0.29) is 5.75 Å². The number of nitrogens with one attached hydrogen (secondary N) is 1. The van der Waals surface area contributed by atoms with E-state index in [9.17, 15) is 5.11 Å². The van der Waals surface area contributed by atoms with Crippen LogP contribution in [0.4, 0.5) is 5.95 Å². The first-order valence-electron chi connectivity index (χ1n) is 10.8. The Bertz CT molecular complexity index is 1250. The number of nitrogens with zero attached hydrogens (tertiary/aromatic N) is 7. The Morgan fingerprint density at radius 2 is 1.97 bits per heavy atom. The van der Waals surface area contributed by atoms with Gasteiger partial charge in [-0.15, -0.1) is 10.2 Å². The summed E-state index contributed by atoms with van der Waals surface area (Å²) in [7, 11) is 0. The normalized spacial score (nSPS) is 16.8. The number of phenolic OH excluding ortho intramolecular Hbond substituents is 1. The van der Waals surface area contributed by atoms with E-state index >= 15 is 0 Å². The van der Waals surface area contributed by atoms with Crippen molar-refractivity contribution in [2.45, 2.75) is 26.8 Å². The van der Waals surface area contributed by atoms with Crippen molar-refractivity contribution in [1.82, 2.24) is 35.1 Å². The summed E-state index contributed by atoms with van der Waals surface area (Å²) in [5.41, 5.74) is 3.73. The molecule has 0 amide bonds. The molecule has 5 rings (SSSR count). The lowest BCUT2D eigenvalue weighted by atomic mass is 10.0. The lowest BCUT2D eigenvalue weighted by Crippen LogP contribution is -2.53. The van der Waals surface area contributed by atoms with Crippen LogP contribution in [0, 0.1) is 12.8 Å². The lowest BCUT2D eigenvalue weighted by molar-refractivity contribution is 0.365. The molecule has 1 aliphatic rings. The Morgan fingerprint density at radius 3 is 2.72 bits per heavy atom. The number of anilines is 1. The van der Waals surface area contributed by atoms with Gasteiger partial charge in [-0.2, -0.15) is 5.10 Å². The Hall–Kier alpha value is -3.59. The Labute approximate surface area is 186 Å². The van der Waals surface area contributed by atoms with E-state index in [0.717, 1.165) is 42.2 Å². The topological polar surface area (TPSA) is 104 Å². The van der Waals surface area contributed by atoms with Gasteiger partial charge in [0.25, 0.3) is 0 Å². The summed E-state index contributed by atoms with van der Waals surface area (Å²) in [4.78, 5) is 11.0. The molecule has 164 valence electrons. The molecule has 1 saturated heterocycles. The van der Waals surface area contributed by atoms with Gasteiger partial charge >= 0.3 is 0 Å². The quantitative estimate of drug-likeness (QED) is 0.509. The third-order valence-corrected chi connectivity index (χ3v) is 5.89. The summed E-state index contributed by atoms with van der Waals surface area (Å²) < 4.78 is 1.74. The Morgan fingerprint density at radius 1 is 1.12 bits per heavy atom. The second-order valence-corrected chi connectivity index (χ2v) is 8.51. The molecular formula is C23H26N8O. The monoisotopic (exact) mass is 430 g/mol. The van der Waals surface area contributed by atoms with Gasteiger partial charge in [0.1, 0.15) is 17.3 Å². The third kappa shape index (κ3) is 3.87. The molecule has 0 spiro atoms. The van der Waals surface area contributed by atoms with Gasteiger partial charge in [0.05, 0.1) is 6.20 Å². The summed E-state index contributed by atoms with van der Waals surface area (Å²) in [6, 6.07) is 9.79. The van der Waals surface area contributed by atoms with Crippen molar-refractivity contribution in [3.05, 3.63) is 48.5 Å². The van der Waals surface area contributed by atoms with Gasteiger partial charge in [0, 0.05) is 43.0 Å². The fraction of sp³-hybridized carbons (Fsp3) is 0.348. The van der Waals surface area contributed by atoms with E-state index in [1.807, 2.05) is 37.4 Å². The van der Waals surface area contributed by atoms with Crippen LogP contribution in [0.3, 0.4) is 0 Å². The Kier molecular flexibility index (Phi) is 5.18. The number of phenols is 1.